The van der Waals surface area contributed by atoms with Crippen LogP contribution in [0.25, 0.3) is 28.4 Å². The quantitative estimate of drug-likeness (QED) is 0.295. The number of halogens is 1. The standard InChI is InChI=1S/C29H34FN7O2/c1-16-11-13-19(14-12-16)15-37-23-24(31-18(3)20-7-6-8-20)32-26(27-35-29(38)39-36-27)33-25(23)34-28(37)17(2)21-9-4-5-10-22(21)30/h4-5,9-10,16,18-20H,2,6-8,11-15H2,1,3H3,(H,31,32,33)(H,35,36,38)/t16-,18-,19-/m1/s1. The molecule has 0 spiro atoms. The van der Waals surface area contributed by atoms with Crippen LogP contribution in [0.5, 0.6) is 0 Å². The molecule has 0 amide bonds. The van der Waals surface area contributed by atoms with E-state index in [1.54, 1.807) is 18.2 Å². The van der Waals surface area contributed by atoms with Gasteiger partial charge in [0.2, 0.25) is 11.6 Å². The minimum Gasteiger partial charge on any atom is -0.365 e. The highest BCUT2D eigenvalue weighted by atomic mass is 19.1. The van der Waals surface area contributed by atoms with E-state index in [9.17, 15) is 9.18 Å². The summed E-state index contributed by atoms with van der Waals surface area (Å²) in [5.74, 6) is 2.21. The predicted molar refractivity (Wildman–Crippen MR) is 148 cm³/mol. The first kappa shape index (κ1) is 25.5. The Morgan fingerprint density at radius 3 is 2.62 bits per heavy atom. The summed E-state index contributed by atoms with van der Waals surface area (Å²) in [7, 11) is 0. The Morgan fingerprint density at radius 1 is 1.18 bits per heavy atom. The van der Waals surface area contributed by atoms with Crippen molar-refractivity contribution in [3.8, 4) is 11.6 Å². The second kappa shape index (κ2) is 10.4. The van der Waals surface area contributed by atoms with E-state index in [0.717, 1.165) is 24.3 Å². The molecule has 6 rings (SSSR count). The highest BCUT2D eigenvalue weighted by Gasteiger charge is 2.29. The fraction of sp³-hybridized carbons (Fsp3) is 0.483. The van der Waals surface area contributed by atoms with Gasteiger partial charge in [-0.2, -0.15) is 0 Å². The average molecular weight is 532 g/mol. The molecule has 2 N–H and O–H groups in total. The van der Waals surface area contributed by atoms with Gasteiger partial charge in [-0.25, -0.2) is 24.1 Å². The van der Waals surface area contributed by atoms with Crippen LogP contribution < -0.4 is 11.1 Å². The Bertz CT molecular complexity index is 1560. The SMILES string of the molecule is C=C(c1ccccc1F)c1nc2nc(-c3noc(=O)[nH]3)nc(N[C@H](C)C3CCC3)c2n1C[C@H]1CC[C@H](C)CC1. The molecule has 0 radical (unpaired) electrons. The van der Waals surface area contributed by atoms with Crippen molar-refractivity contribution in [1.29, 1.82) is 0 Å². The van der Waals surface area contributed by atoms with Crippen molar-refractivity contribution < 1.29 is 8.91 Å². The summed E-state index contributed by atoms with van der Waals surface area (Å²) in [6.07, 6.45) is 8.17. The second-order valence-electron chi connectivity index (χ2n) is 11.3. The normalized spacial score (nSPS) is 20.6. The summed E-state index contributed by atoms with van der Waals surface area (Å²) in [6.45, 7) is 9.46. The first-order valence-corrected chi connectivity index (χ1v) is 13.9. The zero-order chi connectivity index (χ0) is 27.1. The molecule has 3 aromatic heterocycles. The van der Waals surface area contributed by atoms with Gasteiger partial charge in [0.1, 0.15) is 17.2 Å². The van der Waals surface area contributed by atoms with Crippen molar-refractivity contribution in [1.82, 2.24) is 29.7 Å². The fourth-order valence-electron chi connectivity index (χ4n) is 5.85. The van der Waals surface area contributed by atoms with Crippen molar-refractivity contribution in [2.45, 2.75) is 71.4 Å². The van der Waals surface area contributed by atoms with Crippen molar-refractivity contribution in [3.63, 3.8) is 0 Å². The zero-order valence-corrected chi connectivity index (χ0v) is 22.4. The van der Waals surface area contributed by atoms with Crippen LogP contribution in [-0.4, -0.2) is 35.7 Å². The molecule has 1 aromatic carbocycles. The molecule has 2 saturated carbocycles. The van der Waals surface area contributed by atoms with Gasteiger partial charge in [-0.3, -0.25) is 9.51 Å². The second-order valence-corrected chi connectivity index (χ2v) is 11.3. The van der Waals surface area contributed by atoms with Gasteiger partial charge < -0.3 is 9.88 Å². The van der Waals surface area contributed by atoms with Gasteiger partial charge in [-0.1, -0.05) is 56.1 Å². The summed E-state index contributed by atoms with van der Waals surface area (Å²) < 4.78 is 21.7. The summed E-state index contributed by atoms with van der Waals surface area (Å²) in [5, 5.41) is 7.43. The molecule has 2 aliphatic carbocycles. The molecule has 0 unspecified atom stereocenters. The molecular weight excluding hydrogens is 497 g/mol. The number of anilines is 1. The molecule has 4 aromatic rings. The van der Waals surface area contributed by atoms with E-state index in [4.69, 9.17) is 14.5 Å². The lowest BCUT2D eigenvalue weighted by Crippen LogP contribution is -2.31. The number of hydrogen-bond donors (Lipinski definition) is 2. The molecule has 39 heavy (non-hydrogen) atoms. The van der Waals surface area contributed by atoms with E-state index in [2.05, 4.69) is 45.4 Å². The molecule has 9 nitrogen and oxygen atoms in total. The van der Waals surface area contributed by atoms with Crippen LogP contribution in [0.2, 0.25) is 0 Å². The zero-order valence-electron chi connectivity index (χ0n) is 22.4. The highest BCUT2D eigenvalue weighted by molar-refractivity contribution is 5.89. The lowest BCUT2D eigenvalue weighted by atomic mass is 9.80. The van der Waals surface area contributed by atoms with Crippen LogP contribution in [0.4, 0.5) is 10.2 Å². The molecular formula is C29H34FN7O2. The van der Waals surface area contributed by atoms with Gasteiger partial charge in [-0.15, -0.1) is 0 Å². The fourth-order valence-corrected chi connectivity index (χ4v) is 5.85. The Morgan fingerprint density at radius 2 is 1.95 bits per heavy atom. The van der Waals surface area contributed by atoms with Crippen LogP contribution in [0.15, 0.2) is 40.2 Å². The summed E-state index contributed by atoms with van der Waals surface area (Å²) in [6, 6.07) is 6.79. The lowest BCUT2D eigenvalue weighted by Gasteiger charge is -2.32. The smallest absolute Gasteiger partial charge is 0.365 e. The maximum atomic E-state index is 14.9. The van der Waals surface area contributed by atoms with Gasteiger partial charge in [0, 0.05) is 23.7 Å². The number of nitrogens with zero attached hydrogens (tertiary/aromatic N) is 5. The Hall–Kier alpha value is -3.82. The third-order valence-corrected chi connectivity index (χ3v) is 8.52. The Balaban J connectivity index is 1.52. The van der Waals surface area contributed by atoms with Gasteiger partial charge >= 0.3 is 5.76 Å². The lowest BCUT2D eigenvalue weighted by molar-refractivity contribution is 0.266. The van der Waals surface area contributed by atoms with Gasteiger partial charge in [0.05, 0.1) is 0 Å². The minimum absolute atomic E-state index is 0.131. The van der Waals surface area contributed by atoms with Crippen molar-refractivity contribution >= 4 is 22.6 Å². The molecule has 1 atom stereocenters. The summed E-state index contributed by atoms with van der Waals surface area (Å²) in [5.41, 5.74) is 2.08. The van der Waals surface area contributed by atoms with Crippen molar-refractivity contribution in [2.24, 2.45) is 17.8 Å². The number of aromatic amines is 1. The first-order valence-electron chi connectivity index (χ1n) is 13.9. The topological polar surface area (TPSA) is 115 Å². The van der Waals surface area contributed by atoms with Gasteiger partial charge in [-0.05, 0) is 56.4 Å². The molecule has 204 valence electrons. The van der Waals surface area contributed by atoms with E-state index in [0.29, 0.717) is 46.8 Å². The Labute approximate surface area is 226 Å². The number of benzene rings is 1. The van der Waals surface area contributed by atoms with E-state index in [1.807, 2.05) is 0 Å². The third kappa shape index (κ3) is 4.99. The van der Waals surface area contributed by atoms with E-state index in [1.165, 1.54) is 38.2 Å². The van der Waals surface area contributed by atoms with Crippen molar-refractivity contribution in [3.05, 3.63) is 58.6 Å². The maximum Gasteiger partial charge on any atom is 0.439 e. The van der Waals surface area contributed by atoms with Crippen LogP contribution in [0, 0.1) is 23.6 Å². The largest absolute Gasteiger partial charge is 0.439 e. The number of imidazole rings is 1. The number of nitrogens with one attached hydrogen (secondary N) is 2. The number of H-pyrrole nitrogens is 1. The third-order valence-electron chi connectivity index (χ3n) is 8.52. The van der Waals surface area contributed by atoms with Crippen molar-refractivity contribution in [2.75, 3.05) is 5.32 Å². The average Bonchev–Trinajstić information content (AvgIpc) is 3.48. The maximum absolute atomic E-state index is 14.9. The summed E-state index contributed by atoms with van der Waals surface area (Å²) in [4.78, 5) is 28.6. The highest BCUT2D eigenvalue weighted by Crippen LogP contribution is 2.36. The number of aromatic nitrogens is 6. The minimum atomic E-state index is -0.684. The Kier molecular flexibility index (Phi) is 6.78. The summed E-state index contributed by atoms with van der Waals surface area (Å²) >= 11 is 0. The molecule has 2 fully saturated rings. The monoisotopic (exact) mass is 531 g/mol. The van der Waals surface area contributed by atoms with E-state index in [-0.39, 0.29) is 23.5 Å². The first-order chi connectivity index (χ1) is 18.9. The molecule has 3 heterocycles. The van der Waals surface area contributed by atoms with Gasteiger partial charge in [0.15, 0.2) is 11.5 Å². The number of fused-ring (bicyclic) bond motifs is 1. The molecule has 2 aliphatic rings. The van der Waals surface area contributed by atoms with Crippen LogP contribution >= 0.6 is 0 Å². The van der Waals surface area contributed by atoms with E-state index >= 15 is 0 Å². The van der Waals surface area contributed by atoms with Crippen LogP contribution in [-0.2, 0) is 6.54 Å². The van der Waals surface area contributed by atoms with Gasteiger partial charge in [0.25, 0.3) is 0 Å². The van der Waals surface area contributed by atoms with Crippen LogP contribution in [0.1, 0.15) is 70.2 Å². The molecule has 0 aliphatic heterocycles. The number of rotatable bonds is 8. The number of hydrogen-bond acceptors (Lipinski definition) is 7. The predicted octanol–water partition coefficient (Wildman–Crippen LogP) is 5.80. The molecule has 10 heteroatoms. The molecule has 0 bridgehead atoms. The van der Waals surface area contributed by atoms with Crippen LogP contribution in [0.3, 0.4) is 0 Å². The van der Waals surface area contributed by atoms with E-state index < -0.39 is 5.76 Å². The molecule has 0 saturated heterocycles.